The van der Waals surface area contributed by atoms with E-state index in [0.29, 0.717) is 0 Å². The Labute approximate surface area is 129 Å². The second-order valence-electron chi connectivity index (χ2n) is 5.43. The fourth-order valence-electron chi connectivity index (χ4n) is 2.28. The first-order valence-corrected chi connectivity index (χ1v) is 7.27. The number of benzene rings is 1. The molecular formula is C17H18N4O. The Hall–Kier alpha value is -2.53. The minimum atomic E-state index is 0.00123. The first-order chi connectivity index (χ1) is 10.7. The molecule has 0 spiro atoms. The Kier molecular flexibility index (Phi) is 3.98. The molecule has 0 saturated heterocycles. The van der Waals surface area contributed by atoms with Gasteiger partial charge in [0.1, 0.15) is 5.65 Å². The molecule has 0 bridgehead atoms. The molecule has 3 rings (SSSR count). The predicted molar refractivity (Wildman–Crippen MR) is 85.8 cm³/mol. The summed E-state index contributed by atoms with van der Waals surface area (Å²) < 4.78 is 1.90. The summed E-state index contributed by atoms with van der Waals surface area (Å²) >= 11 is 0. The second kappa shape index (κ2) is 6.07. The van der Waals surface area contributed by atoms with Crippen molar-refractivity contribution in [2.75, 3.05) is 0 Å². The number of aliphatic hydroxyl groups is 1. The van der Waals surface area contributed by atoms with Crippen LogP contribution in [0.5, 0.6) is 0 Å². The minimum Gasteiger partial charge on any atom is -0.392 e. The van der Waals surface area contributed by atoms with Crippen LogP contribution in [0.15, 0.2) is 58.9 Å². The summed E-state index contributed by atoms with van der Waals surface area (Å²) in [5, 5.41) is 18.0. The van der Waals surface area contributed by atoms with Gasteiger partial charge in [-0.3, -0.25) is 4.40 Å². The van der Waals surface area contributed by atoms with Crippen LogP contribution in [0.25, 0.3) is 5.65 Å². The maximum atomic E-state index is 9.26. The zero-order valence-corrected chi connectivity index (χ0v) is 12.6. The smallest absolute Gasteiger partial charge is 0.183 e. The van der Waals surface area contributed by atoms with Crippen molar-refractivity contribution in [1.29, 1.82) is 0 Å². The normalized spacial score (nSPS) is 11.8. The quantitative estimate of drug-likeness (QED) is 0.726. The minimum absolute atomic E-state index is 0.00123. The van der Waals surface area contributed by atoms with Crippen molar-refractivity contribution in [3.63, 3.8) is 0 Å². The van der Waals surface area contributed by atoms with E-state index in [4.69, 9.17) is 0 Å². The van der Waals surface area contributed by atoms with Crippen molar-refractivity contribution >= 4 is 17.2 Å². The van der Waals surface area contributed by atoms with Crippen molar-refractivity contribution < 1.29 is 5.11 Å². The third kappa shape index (κ3) is 2.76. The van der Waals surface area contributed by atoms with Crippen LogP contribution in [0.2, 0.25) is 0 Å². The number of imidazole rings is 1. The summed E-state index contributed by atoms with van der Waals surface area (Å²) in [4.78, 5) is 4.63. The van der Waals surface area contributed by atoms with Crippen LogP contribution in [0.3, 0.4) is 0 Å². The maximum Gasteiger partial charge on any atom is 0.183 e. The van der Waals surface area contributed by atoms with Crippen LogP contribution < -0.4 is 0 Å². The number of azo groups is 1. The summed E-state index contributed by atoms with van der Waals surface area (Å²) in [5.41, 5.74) is 3.31. The molecule has 2 aromatic heterocycles. The van der Waals surface area contributed by atoms with Crippen molar-refractivity contribution in [3.8, 4) is 0 Å². The van der Waals surface area contributed by atoms with Gasteiger partial charge < -0.3 is 5.11 Å². The van der Waals surface area contributed by atoms with Crippen LogP contribution in [-0.2, 0) is 6.61 Å². The van der Waals surface area contributed by atoms with Gasteiger partial charge in [0.2, 0.25) is 0 Å². The van der Waals surface area contributed by atoms with E-state index in [1.54, 1.807) is 0 Å². The Morgan fingerprint density at radius 2 is 1.91 bits per heavy atom. The maximum absolute atomic E-state index is 9.26. The highest BCUT2D eigenvalue weighted by molar-refractivity contribution is 5.54. The zero-order valence-electron chi connectivity index (χ0n) is 12.6. The van der Waals surface area contributed by atoms with Gasteiger partial charge in [0, 0.05) is 6.20 Å². The third-order valence-corrected chi connectivity index (χ3v) is 3.44. The van der Waals surface area contributed by atoms with Crippen LogP contribution >= 0.6 is 0 Å². The number of aromatic nitrogens is 2. The average molecular weight is 294 g/mol. The third-order valence-electron chi connectivity index (χ3n) is 3.44. The van der Waals surface area contributed by atoms with Gasteiger partial charge in [-0.25, -0.2) is 4.98 Å². The Bertz CT molecular complexity index is 806. The summed E-state index contributed by atoms with van der Waals surface area (Å²) in [6.45, 7) is 4.16. The number of aliphatic hydroxyl groups excluding tert-OH is 1. The average Bonchev–Trinajstić information content (AvgIpc) is 2.91. The molecule has 112 valence electrons. The Balaban J connectivity index is 2.10. The number of fused-ring (bicyclic) bond motifs is 1. The lowest BCUT2D eigenvalue weighted by Gasteiger charge is -2.02. The Morgan fingerprint density at radius 1 is 1.14 bits per heavy atom. The molecule has 5 heteroatoms. The molecule has 0 amide bonds. The first kappa shape index (κ1) is 14.4. The highest BCUT2D eigenvalue weighted by Gasteiger charge is 2.15. The lowest BCUT2D eigenvalue weighted by atomic mass is 10.1. The first-order valence-electron chi connectivity index (χ1n) is 7.27. The summed E-state index contributed by atoms with van der Waals surface area (Å²) in [6.07, 6.45) is 1.87. The van der Waals surface area contributed by atoms with E-state index in [-0.39, 0.29) is 12.5 Å². The molecule has 1 N–H and O–H groups in total. The van der Waals surface area contributed by atoms with Crippen LogP contribution in [0.1, 0.15) is 31.0 Å². The van der Waals surface area contributed by atoms with Crippen molar-refractivity contribution in [2.24, 2.45) is 10.2 Å². The van der Waals surface area contributed by atoms with Gasteiger partial charge in [0.25, 0.3) is 0 Å². The molecular weight excluding hydrogens is 276 g/mol. The molecule has 0 aliphatic carbocycles. The molecule has 1 aromatic carbocycles. The fraction of sp³-hybridized carbons (Fsp3) is 0.235. The molecule has 0 aliphatic rings. The molecule has 0 fully saturated rings. The zero-order chi connectivity index (χ0) is 15.5. The summed E-state index contributed by atoms with van der Waals surface area (Å²) in [7, 11) is 0. The van der Waals surface area contributed by atoms with Crippen LogP contribution in [0, 0.1) is 0 Å². The van der Waals surface area contributed by atoms with Gasteiger partial charge in [0.05, 0.1) is 18.0 Å². The van der Waals surface area contributed by atoms with Crippen molar-refractivity contribution in [1.82, 2.24) is 9.38 Å². The van der Waals surface area contributed by atoms with Crippen LogP contribution in [0.4, 0.5) is 11.5 Å². The largest absolute Gasteiger partial charge is 0.392 e. The van der Waals surface area contributed by atoms with Gasteiger partial charge in [-0.2, -0.15) is 0 Å². The molecule has 0 radical (unpaired) electrons. The molecule has 5 nitrogen and oxygen atoms in total. The molecule has 0 aliphatic heterocycles. The van der Waals surface area contributed by atoms with Crippen LogP contribution in [-0.4, -0.2) is 14.5 Å². The predicted octanol–water partition coefficient (Wildman–Crippen LogP) is 4.37. The number of nitrogens with zero attached hydrogens (tertiary/aromatic N) is 4. The topological polar surface area (TPSA) is 62.2 Å². The van der Waals surface area contributed by atoms with Crippen molar-refractivity contribution in [2.45, 2.75) is 26.4 Å². The SMILES string of the molecule is CC(C)c1nc2cc(CO)ccn2c1N=Nc1ccccc1. The van der Waals surface area contributed by atoms with E-state index in [1.165, 1.54) is 0 Å². The number of rotatable bonds is 4. The molecule has 2 heterocycles. The molecule has 3 aromatic rings. The van der Waals surface area contributed by atoms with Gasteiger partial charge in [0.15, 0.2) is 5.82 Å². The van der Waals surface area contributed by atoms with E-state index in [0.717, 1.165) is 28.4 Å². The molecule has 22 heavy (non-hydrogen) atoms. The molecule has 0 saturated carbocycles. The Morgan fingerprint density at radius 3 is 2.59 bits per heavy atom. The van der Waals surface area contributed by atoms with Crippen molar-refractivity contribution in [3.05, 3.63) is 59.9 Å². The number of pyridine rings is 1. The molecule has 0 unspecified atom stereocenters. The standard InChI is InChI=1S/C17H18N4O/c1-12(2)16-17(20-19-14-6-4-3-5-7-14)21-9-8-13(11-22)10-15(21)18-16/h3-10,12,22H,11H2,1-2H3. The summed E-state index contributed by atoms with van der Waals surface area (Å²) in [6, 6.07) is 13.4. The highest BCUT2D eigenvalue weighted by atomic mass is 16.3. The van der Waals surface area contributed by atoms with E-state index < -0.39 is 0 Å². The highest BCUT2D eigenvalue weighted by Crippen LogP contribution is 2.29. The molecule has 0 atom stereocenters. The van der Waals surface area contributed by atoms with Gasteiger partial charge in [-0.05, 0) is 35.7 Å². The van der Waals surface area contributed by atoms with E-state index in [2.05, 4.69) is 29.1 Å². The van der Waals surface area contributed by atoms with Gasteiger partial charge in [-0.15, -0.1) is 10.2 Å². The van der Waals surface area contributed by atoms with E-state index >= 15 is 0 Å². The second-order valence-corrected chi connectivity index (χ2v) is 5.43. The summed E-state index contributed by atoms with van der Waals surface area (Å²) in [5.74, 6) is 0.973. The fourth-order valence-corrected chi connectivity index (χ4v) is 2.28. The van der Waals surface area contributed by atoms with Gasteiger partial charge >= 0.3 is 0 Å². The monoisotopic (exact) mass is 294 g/mol. The number of hydrogen-bond acceptors (Lipinski definition) is 4. The van der Waals surface area contributed by atoms with E-state index in [9.17, 15) is 5.11 Å². The van der Waals surface area contributed by atoms with Gasteiger partial charge in [-0.1, -0.05) is 32.0 Å². The lowest BCUT2D eigenvalue weighted by Crippen LogP contribution is -1.88. The van der Waals surface area contributed by atoms with E-state index in [1.807, 2.05) is 53.1 Å². The number of hydrogen-bond donors (Lipinski definition) is 1. The lowest BCUT2D eigenvalue weighted by molar-refractivity contribution is 0.282.